The number of hydrogen-bond donors (Lipinski definition) is 5. The summed E-state index contributed by atoms with van der Waals surface area (Å²) in [6.07, 6.45) is 3.71. The normalized spacial score (nSPS) is 14.2. The molecule has 0 aliphatic carbocycles. The van der Waals surface area contributed by atoms with Gasteiger partial charge in [0.2, 0.25) is 11.9 Å². The Labute approximate surface area is 230 Å². The minimum Gasteiger partial charge on any atom is -0.355 e. The number of halogens is 1. The molecule has 4 aromatic rings. The van der Waals surface area contributed by atoms with Crippen molar-refractivity contribution in [2.45, 2.75) is 19.8 Å². The summed E-state index contributed by atoms with van der Waals surface area (Å²) >= 11 is 6.34. The van der Waals surface area contributed by atoms with Crippen LogP contribution in [0.4, 0.5) is 29.0 Å². The second kappa shape index (κ2) is 11.7. The van der Waals surface area contributed by atoms with Crippen LogP contribution in [0.3, 0.4) is 0 Å². The number of H-pyrrole nitrogens is 1. The highest BCUT2D eigenvalue weighted by Gasteiger charge is 2.19. The number of nitrogens with one attached hydrogen (secondary N) is 5. The number of likely N-dealkylation sites (tertiary alicyclic amines) is 1. The summed E-state index contributed by atoms with van der Waals surface area (Å²) in [5.74, 6) is 1.56. The summed E-state index contributed by atoms with van der Waals surface area (Å²) in [6.45, 7) is 4.49. The van der Waals surface area contributed by atoms with E-state index in [2.05, 4.69) is 53.3 Å². The molecule has 2 amide bonds. The molecule has 1 aliphatic heterocycles. The first kappa shape index (κ1) is 26.4. The van der Waals surface area contributed by atoms with E-state index in [1.807, 2.05) is 24.3 Å². The van der Waals surface area contributed by atoms with E-state index in [4.69, 9.17) is 11.6 Å². The number of aromatic amines is 1. The Morgan fingerprint density at radius 2 is 1.90 bits per heavy atom. The highest BCUT2D eigenvalue weighted by Crippen LogP contribution is 2.28. The largest absolute Gasteiger partial charge is 0.355 e. The zero-order chi connectivity index (χ0) is 27.4. The van der Waals surface area contributed by atoms with E-state index < -0.39 is 0 Å². The fourth-order valence-corrected chi connectivity index (χ4v) is 4.62. The molecular formula is C27H30ClN9O2. The van der Waals surface area contributed by atoms with E-state index in [9.17, 15) is 9.59 Å². The second-order valence-corrected chi connectivity index (χ2v) is 10.0. The number of hydrogen-bond acceptors (Lipinski definition) is 8. The topological polar surface area (TPSA) is 140 Å². The standard InChI is InChI=1S/C27H30ClN9O2/c1-16-9-11-37(12-10-16)15-23(38)33-24-18-8-7-17(13-22(18)35-36-24)31-27-30-14-20(28)25(34-27)32-21-6-4-3-5-19(21)26(39)29-2/h3-8,13-14,16H,9-12,15H2,1-2H3,(H,29,39)(H2,30,31,32,34)(H2,33,35,36,38). The summed E-state index contributed by atoms with van der Waals surface area (Å²) in [7, 11) is 1.57. The van der Waals surface area contributed by atoms with Crippen LogP contribution in [0.1, 0.15) is 30.1 Å². The number of piperidine rings is 1. The number of anilines is 5. The van der Waals surface area contributed by atoms with Crippen LogP contribution in [0, 0.1) is 5.92 Å². The lowest BCUT2D eigenvalue weighted by atomic mass is 9.99. The van der Waals surface area contributed by atoms with Crippen molar-refractivity contribution >= 4 is 63.3 Å². The molecule has 12 heteroatoms. The van der Waals surface area contributed by atoms with Gasteiger partial charge in [0.05, 0.1) is 29.5 Å². The molecule has 1 aliphatic rings. The van der Waals surface area contributed by atoms with Gasteiger partial charge in [-0.05, 0) is 62.2 Å². The molecule has 1 saturated heterocycles. The van der Waals surface area contributed by atoms with Gasteiger partial charge < -0.3 is 21.3 Å². The summed E-state index contributed by atoms with van der Waals surface area (Å²) in [4.78, 5) is 35.8. The zero-order valence-electron chi connectivity index (χ0n) is 21.7. The van der Waals surface area contributed by atoms with Gasteiger partial charge in [0.25, 0.3) is 5.91 Å². The Morgan fingerprint density at radius 3 is 2.69 bits per heavy atom. The number of amides is 2. The number of para-hydroxylation sites is 1. The van der Waals surface area contributed by atoms with E-state index in [0.29, 0.717) is 52.0 Å². The van der Waals surface area contributed by atoms with Gasteiger partial charge in [-0.3, -0.25) is 19.6 Å². The number of nitrogens with zero attached hydrogens (tertiary/aromatic N) is 4. The maximum atomic E-state index is 12.6. The lowest BCUT2D eigenvalue weighted by molar-refractivity contribution is -0.117. The highest BCUT2D eigenvalue weighted by atomic mass is 35.5. The van der Waals surface area contributed by atoms with E-state index in [1.54, 1.807) is 25.2 Å². The van der Waals surface area contributed by atoms with Crippen molar-refractivity contribution in [3.63, 3.8) is 0 Å². The Hall–Kier alpha value is -4.22. The Balaban J connectivity index is 1.27. The van der Waals surface area contributed by atoms with Gasteiger partial charge >= 0.3 is 0 Å². The third-order valence-corrected chi connectivity index (χ3v) is 6.99. The van der Waals surface area contributed by atoms with Crippen LogP contribution >= 0.6 is 11.6 Å². The second-order valence-electron chi connectivity index (χ2n) is 9.60. The average molecular weight is 548 g/mol. The van der Waals surface area contributed by atoms with E-state index in [1.165, 1.54) is 6.20 Å². The molecular weight excluding hydrogens is 518 g/mol. The van der Waals surface area contributed by atoms with E-state index in [0.717, 1.165) is 36.8 Å². The highest BCUT2D eigenvalue weighted by molar-refractivity contribution is 6.33. The Kier molecular flexibility index (Phi) is 7.89. The predicted molar refractivity (Wildman–Crippen MR) is 153 cm³/mol. The summed E-state index contributed by atoms with van der Waals surface area (Å²) in [6, 6.07) is 12.6. The van der Waals surface area contributed by atoms with Gasteiger partial charge in [0, 0.05) is 18.1 Å². The van der Waals surface area contributed by atoms with Crippen LogP contribution in [-0.2, 0) is 4.79 Å². The number of rotatable bonds is 8. The molecule has 1 fully saturated rings. The van der Waals surface area contributed by atoms with Crippen LogP contribution in [0.2, 0.25) is 5.02 Å². The number of carbonyl (C=O) groups excluding carboxylic acids is 2. The molecule has 5 N–H and O–H groups in total. The minimum absolute atomic E-state index is 0.0762. The van der Waals surface area contributed by atoms with Gasteiger partial charge in [-0.15, -0.1) is 0 Å². The van der Waals surface area contributed by atoms with Crippen molar-refractivity contribution in [3.8, 4) is 0 Å². The molecule has 0 spiro atoms. The molecule has 0 saturated carbocycles. The fraction of sp³-hybridized carbons (Fsp3) is 0.296. The predicted octanol–water partition coefficient (Wildman–Crippen LogP) is 4.52. The van der Waals surface area contributed by atoms with Crippen molar-refractivity contribution in [1.82, 2.24) is 30.4 Å². The third kappa shape index (κ3) is 6.27. The molecule has 39 heavy (non-hydrogen) atoms. The number of benzene rings is 2. The third-order valence-electron chi connectivity index (χ3n) is 6.72. The Morgan fingerprint density at radius 1 is 1.10 bits per heavy atom. The van der Waals surface area contributed by atoms with Gasteiger partial charge in [-0.2, -0.15) is 10.1 Å². The molecule has 0 radical (unpaired) electrons. The Bertz CT molecular complexity index is 1500. The SMILES string of the molecule is CNC(=O)c1ccccc1Nc1nc(Nc2ccc3c(NC(=O)CN4CCC(C)CC4)n[nH]c3c2)ncc1Cl. The van der Waals surface area contributed by atoms with Crippen LogP contribution < -0.4 is 21.3 Å². The minimum atomic E-state index is -0.230. The quantitative estimate of drug-likeness (QED) is 0.217. The molecule has 0 unspecified atom stereocenters. The van der Waals surface area contributed by atoms with Crippen molar-refractivity contribution < 1.29 is 9.59 Å². The molecule has 0 atom stereocenters. The van der Waals surface area contributed by atoms with Crippen molar-refractivity contribution in [1.29, 1.82) is 0 Å². The van der Waals surface area contributed by atoms with Gasteiger partial charge in [-0.1, -0.05) is 30.7 Å². The summed E-state index contributed by atoms with van der Waals surface area (Å²) in [5, 5.41) is 20.2. The molecule has 3 heterocycles. The van der Waals surface area contributed by atoms with Gasteiger partial charge in [0.1, 0.15) is 5.02 Å². The van der Waals surface area contributed by atoms with Crippen molar-refractivity contribution in [2.24, 2.45) is 5.92 Å². The maximum Gasteiger partial charge on any atom is 0.253 e. The molecule has 0 bridgehead atoms. The van der Waals surface area contributed by atoms with Crippen LogP contribution in [0.15, 0.2) is 48.7 Å². The number of fused-ring (bicyclic) bond motifs is 1. The van der Waals surface area contributed by atoms with Gasteiger partial charge in [-0.25, -0.2) is 4.98 Å². The van der Waals surface area contributed by atoms with Gasteiger partial charge in [0.15, 0.2) is 11.6 Å². The maximum absolute atomic E-state index is 12.6. The fourth-order valence-electron chi connectivity index (χ4n) is 4.48. The lowest BCUT2D eigenvalue weighted by Gasteiger charge is -2.29. The average Bonchev–Trinajstić information content (AvgIpc) is 3.33. The van der Waals surface area contributed by atoms with Crippen LogP contribution in [0.5, 0.6) is 0 Å². The first-order valence-electron chi connectivity index (χ1n) is 12.8. The zero-order valence-corrected chi connectivity index (χ0v) is 22.5. The van der Waals surface area contributed by atoms with Crippen LogP contribution in [-0.4, -0.2) is 63.6 Å². The van der Waals surface area contributed by atoms with Crippen LogP contribution in [0.25, 0.3) is 10.9 Å². The van der Waals surface area contributed by atoms with Crippen molar-refractivity contribution in [2.75, 3.05) is 42.6 Å². The summed E-state index contributed by atoms with van der Waals surface area (Å²) < 4.78 is 0. The smallest absolute Gasteiger partial charge is 0.253 e. The van der Waals surface area contributed by atoms with E-state index in [-0.39, 0.29) is 11.8 Å². The first-order valence-corrected chi connectivity index (χ1v) is 13.2. The summed E-state index contributed by atoms with van der Waals surface area (Å²) in [5.41, 5.74) is 2.48. The number of carbonyl (C=O) groups is 2. The molecule has 202 valence electrons. The lowest BCUT2D eigenvalue weighted by Crippen LogP contribution is -2.38. The molecule has 2 aromatic carbocycles. The number of aromatic nitrogens is 4. The van der Waals surface area contributed by atoms with E-state index >= 15 is 0 Å². The first-order chi connectivity index (χ1) is 18.9. The monoisotopic (exact) mass is 547 g/mol. The molecule has 5 rings (SSSR count). The molecule has 2 aromatic heterocycles. The van der Waals surface area contributed by atoms with Crippen molar-refractivity contribution in [3.05, 3.63) is 59.2 Å². The molecule has 11 nitrogen and oxygen atoms in total.